The van der Waals surface area contributed by atoms with E-state index in [1.54, 1.807) is 14.2 Å². The van der Waals surface area contributed by atoms with E-state index in [2.05, 4.69) is 34.3 Å². The molecule has 0 spiro atoms. The molecule has 4 nitrogen and oxygen atoms in total. The molecule has 22 heavy (non-hydrogen) atoms. The van der Waals surface area contributed by atoms with Crippen molar-refractivity contribution in [1.29, 1.82) is 0 Å². The first kappa shape index (κ1) is 18.3. The first-order valence-corrected chi connectivity index (χ1v) is 9.47. The zero-order valence-corrected chi connectivity index (χ0v) is 15.3. The summed E-state index contributed by atoms with van der Waals surface area (Å²) >= 11 is 0. The lowest BCUT2D eigenvalue weighted by Crippen LogP contribution is -2.57. The van der Waals surface area contributed by atoms with E-state index in [9.17, 15) is 4.79 Å². The smallest absolute Gasteiger partial charge is 0.317 e. The maximum Gasteiger partial charge on any atom is 0.317 e. The van der Waals surface area contributed by atoms with Crippen molar-refractivity contribution in [3.8, 4) is 11.5 Å². The predicted molar refractivity (Wildman–Crippen MR) is 91.4 cm³/mol. The van der Waals surface area contributed by atoms with Gasteiger partial charge in [-0.15, -0.1) is 0 Å². The van der Waals surface area contributed by atoms with E-state index in [4.69, 9.17) is 13.9 Å². The molecule has 0 bridgehead atoms. The molecule has 5 heteroatoms. The van der Waals surface area contributed by atoms with Gasteiger partial charge >= 0.3 is 5.97 Å². The lowest BCUT2D eigenvalue weighted by Gasteiger charge is -2.38. The summed E-state index contributed by atoms with van der Waals surface area (Å²) in [6.45, 7) is 11.9. The summed E-state index contributed by atoms with van der Waals surface area (Å²) in [5.74, 6) is 1.06. The predicted octanol–water partition coefficient (Wildman–Crippen LogP) is 3.41. The van der Waals surface area contributed by atoms with Gasteiger partial charge in [-0.2, -0.15) is 0 Å². The van der Waals surface area contributed by atoms with Crippen LogP contribution in [0.5, 0.6) is 11.5 Å². The monoisotopic (exact) mass is 322 g/mol. The van der Waals surface area contributed by atoms with Gasteiger partial charge in [0.1, 0.15) is 11.5 Å². The van der Waals surface area contributed by atoms with Gasteiger partial charge in [0.05, 0.1) is 14.2 Å². The lowest BCUT2D eigenvalue weighted by molar-refractivity contribution is -0.129. The Morgan fingerprint density at radius 2 is 1.73 bits per heavy atom. The van der Waals surface area contributed by atoms with Crippen molar-refractivity contribution >= 4 is 19.5 Å². The average Bonchev–Trinajstić information content (AvgIpc) is 2.50. The third-order valence-electron chi connectivity index (χ3n) is 3.98. The van der Waals surface area contributed by atoms with Crippen molar-refractivity contribution in [2.45, 2.75) is 38.8 Å². The third-order valence-corrected chi connectivity index (χ3v) is 9.18. The van der Waals surface area contributed by atoms with Gasteiger partial charge in [-0.3, -0.25) is 0 Å². The Morgan fingerprint density at radius 3 is 2.14 bits per heavy atom. The molecule has 0 unspecified atom stereocenters. The Kier molecular flexibility index (Phi) is 6.23. The van der Waals surface area contributed by atoms with Crippen LogP contribution in [0.3, 0.4) is 0 Å². The zero-order chi connectivity index (χ0) is 16.9. The maximum atomic E-state index is 12.0. The molecule has 1 aromatic carbocycles. The van der Waals surface area contributed by atoms with E-state index in [-0.39, 0.29) is 17.1 Å². The zero-order valence-electron chi connectivity index (χ0n) is 14.3. The van der Waals surface area contributed by atoms with Crippen molar-refractivity contribution in [1.82, 2.24) is 0 Å². The lowest BCUT2D eigenvalue weighted by atomic mass is 10.3. The molecule has 122 valence electrons. The Morgan fingerprint density at radius 1 is 1.14 bits per heavy atom. The highest BCUT2D eigenvalue weighted by Crippen LogP contribution is 2.36. The van der Waals surface area contributed by atoms with Crippen LogP contribution in [0.2, 0.25) is 11.1 Å². The fraction of sp³-hybridized carbons (Fsp3) is 0.471. The van der Waals surface area contributed by atoms with E-state index < -0.39 is 8.32 Å². The summed E-state index contributed by atoms with van der Waals surface area (Å²) in [5.41, 5.74) is 0.356. The number of ether oxygens (including phenoxy) is 2. The number of carbonyl (C=O) groups is 1. The molecule has 0 aliphatic carbocycles. The molecule has 0 aliphatic heterocycles. The normalized spacial score (nSPS) is 11.5. The average molecular weight is 322 g/mol. The number of hydrogen-bond donors (Lipinski definition) is 0. The first-order chi connectivity index (χ1) is 10.3. The molecule has 0 aliphatic rings. The van der Waals surface area contributed by atoms with Gasteiger partial charge in [0.25, 0.3) is 8.32 Å². The molecule has 0 radical (unpaired) electrons. The van der Waals surface area contributed by atoms with Crippen molar-refractivity contribution in [2.75, 3.05) is 14.2 Å². The molecule has 0 fully saturated rings. The topological polar surface area (TPSA) is 44.8 Å². The second-order valence-corrected chi connectivity index (χ2v) is 10.4. The minimum Gasteiger partial charge on any atom is -0.511 e. The molecule has 1 rings (SSSR count). The third kappa shape index (κ3) is 3.35. The molecule has 0 amide bonds. The van der Waals surface area contributed by atoms with Crippen LogP contribution >= 0.6 is 0 Å². The molecule has 0 atom stereocenters. The van der Waals surface area contributed by atoms with Gasteiger partial charge in [0, 0.05) is 11.3 Å². The highest BCUT2D eigenvalue weighted by molar-refractivity contribution is 6.90. The molecular weight excluding hydrogens is 296 g/mol. The Hall–Kier alpha value is -1.75. The van der Waals surface area contributed by atoms with E-state index in [0.29, 0.717) is 0 Å². The minimum absolute atomic E-state index is 0.178. The summed E-state index contributed by atoms with van der Waals surface area (Å²) in [6, 6.07) is 5.64. The van der Waals surface area contributed by atoms with Gasteiger partial charge in [0.15, 0.2) is 0 Å². The second kappa shape index (κ2) is 7.49. The maximum absolute atomic E-state index is 12.0. The van der Waals surface area contributed by atoms with Crippen LogP contribution in [0.1, 0.15) is 27.7 Å². The SMILES string of the molecule is C=CC(=O)O[Si](c1cc(OC)ccc1OC)(C(C)C)C(C)C. The summed E-state index contributed by atoms with van der Waals surface area (Å²) in [7, 11) is 0.596. The van der Waals surface area contributed by atoms with E-state index in [1.165, 1.54) is 6.08 Å². The largest absolute Gasteiger partial charge is 0.511 e. The summed E-state index contributed by atoms with van der Waals surface area (Å²) < 4.78 is 16.9. The molecule has 0 saturated carbocycles. The van der Waals surface area contributed by atoms with Gasteiger partial charge in [-0.05, 0) is 29.3 Å². The fourth-order valence-corrected chi connectivity index (χ4v) is 7.42. The van der Waals surface area contributed by atoms with Crippen molar-refractivity contribution in [3.05, 3.63) is 30.9 Å². The molecule has 0 heterocycles. The molecule has 0 N–H and O–H groups in total. The molecule has 0 aromatic heterocycles. The van der Waals surface area contributed by atoms with Crippen LogP contribution in [0.25, 0.3) is 0 Å². The van der Waals surface area contributed by atoms with Crippen molar-refractivity contribution < 1.29 is 18.7 Å². The quantitative estimate of drug-likeness (QED) is 0.570. The first-order valence-electron chi connectivity index (χ1n) is 7.41. The van der Waals surface area contributed by atoms with Gasteiger partial charge in [0.2, 0.25) is 0 Å². The Balaban J connectivity index is 3.62. The van der Waals surface area contributed by atoms with Crippen molar-refractivity contribution in [2.24, 2.45) is 0 Å². The van der Waals surface area contributed by atoms with Gasteiger partial charge in [-0.25, -0.2) is 4.79 Å². The van der Waals surface area contributed by atoms with Crippen LogP contribution in [0.15, 0.2) is 30.9 Å². The minimum atomic E-state index is -2.65. The van der Waals surface area contributed by atoms with Crippen LogP contribution in [-0.4, -0.2) is 28.5 Å². The van der Waals surface area contributed by atoms with E-state index in [1.807, 2.05) is 18.2 Å². The van der Waals surface area contributed by atoms with Crippen LogP contribution in [0.4, 0.5) is 0 Å². The van der Waals surface area contributed by atoms with Gasteiger partial charge in [-0.1, -0.05) is 34.3 Å². The fourth-order valence-electron chi connectivity index (χ4n) is 2.91. The standard InChI is InChI=1S/C17H26O4Si/c1-8-17(18)21-22(12(2)3,13(4)5)16-11-14(19-6)9-10-15(16)20-7/h8-13H,1H2,2-7H3. The highest BCUT2D eigenvalue weighted by Gasteiger charge is 2.49. The molecule has 0 saturated heterocycles. The van der Waals surface area contributed by atoms with Crippen molar-refractivity contribution in [3.63, 3.8) is 0 Å². The highest BCUT2D eigenvalue weighted by atomic mass is 28.4. The van der Waals surface area contributed by atoms with E-state index in [0.717, 1.165) is 16.7 Å². The Labute approximate surface area is 134 Å². The summed E-state index contributed by atoms with van der Waals surface area (Å²) in [4.78, 5) is 12.0. The number of methoxy groups -OCH3 is 2. The summed E-state index contributed by atoms with van der Waals surface area (Å²) in [5, 5.41) is 0.939. The van der Waals surface area contributed by atoms with E-state index >= 15 is 0 Å². The second-order valence-electron chi connectivity index (χ2n) is 5.79. The van der Waals surface area contributed by atoms with Crippen LogP contribution < -0.4 is 14.7 Å². The molecular formula is C17H26O4Si. The molecule has 1 aromatic rings. The summed E-state index contributed by atoms with van der Waals surface area (Å²) in [6.07, 6.45) is 1.22. The van der Waals surface area contributed by atoms with Crippen LogP contribution in [0, 0.1) is 0 Å². The number of benzene rings is 1. The number of hydrogen-bond acceptors (Lipinski definition) is 4. The van der Waals surface area contributed by atoms with Gasteiger partial charge < -0.3 is 13.9 Å². The number of carbonyl (C=O) groups excluding carboxylic acids is 1. The number of rotatable bonds is 7. The Bertz CT molecular complexity index is 529. The van der Waals surface area contributed by atoms with Crippen LogP contribution in [-0.2, 0) is 9.22 Å².